The Kier molecular flexibility index (Phi) is 2.18. The van der Waals surface area contributed by atoms with Gasteiger partial charge in [-0.1, -0.05) is 12.8 Å². The summed E-state index contributed by atoms with van der Waals surface area (Å²) in [5.41, 5.74) is 1.68. The molecular formula is C12H18N4O. The number of hydrogen-bond donors (Lipinski definition) is 2. The van der Waals surface area contributed by atoms with E-state index in [1.807, 2.05) is 18.7 Å². The largest absolute Gasteiger partial charge is 0.363 e. The quantitative estimate of drug-likeness (QED) is 0.719. The standard InChI is InChI=1S/C12H18N4O/c1-8-10-11(16(2)15-8)14-12(5-3-4-6-12)7-9(17)13-10/h14H,3-7H2,1-2H3,(H,13,17). The zero-order valence-electron chi connectivity index (χ0n) is 10.3. The molecule has 0 bridgehead atoms. The molecule has 0 aromatic carbocycles. The van der Waals surface area contributed by atoms with Crippen LogP contribution in [-0.4, -0.2) is 21.2 Å². The number of nitrogens with one attached hydrogen (secondary N) is 2. The zero-order chi connectivity index (χ0) is 12.0. The molecule has 0 unspecified atom stereocenters. The third-order valence-corrected chi connectivity index (χ3v) is 3.93. The van der Waals surface area contributed by atoms with E-state index < -0.39 is 0 Å². The summed E-state index contributed by atoms with van der Waals surface area (Å²) >= 11 is 0. The Labute approximate surface area is 101 Å². The Morgan fingerprint density at radius 2 is 2.06 bits per heavy atom. The Morgan fingerprint density at radius 1 is 1.35 bits per heavy atom. The van der Waals surface area contributed by atoms with Crippen LogP contribution < -0.4 is 10.6 Å². The van der Waals surface area contributed by atoms with Gasteiger partial charge in [-0.05, 0) is 19.8 Å². The average Bonchev–Trinajstić information content (AvgIpc) is 2.74. The van der Waals surface area contributed by atoms with Crippen LogP contribution in [0, 0.1) is 6.92 Å². The molecule has 0 radical (unpaired) electrons. The summed E-state index contributed by atoms with van der Waals surface area (Å²) in [7, 11) is 1.92. The van der Waals surface area contributed by atoms with Crippen LogP contribution in [0.1, 0.15) is 37.8 Å². The summed E-state index contributed by atoms with van der Waals surface area (Å²) in [4.78, 5) is 12.0. The molecule has 1 amide bonds. The summed E-state index contributed by atoms with van der Waals surface area (Å²) in [6.45, 7) is 1.92. The number of nitrogens with zero attached hydrogens (tertiary/aromatic N) is 2. The van der Waals surface area contributed by atoms with E-state index >= 15 is 0 Å². The van der Waals surface area contributed by atoms with Crippen molar-refractivity contribution in [2.75, 3.05) is 10.6 Å². The first-order chi connectivity index (χ1) is 8.10. The highest BCUT2D eigenvalue weighted by Gasteiger charge is 2.39. The van der Waals surface area contributed by atoms with Gasteiger partial charge < -0.3 is 10.6 Å². The Balaban J connectivity index is 2.06. The minimum atomic E-state index is -0.0461. The number of fused-ring (bicyclic) bond motifs is 1. The molecule has 3 rings (SSSR count). The van der Waals surface area contributed by atoms with E-state index in [2.05, 4.69) is 15.7 Å². The van der Waals surface area contributed by atoms with Gasteiger partial charge in [0.1, 0.15) is 11.5 Å². The van der Waals surface area contributed by atoms with Gasteiger partial charge in [-0.25, -0.2) is 0 Å². The first-order valence-corrected chi connectivity index (χ1v) is 6.21. The first-order valence-electron chi connectivity index (χ1n) is 6.21. The molecule has 2 heterocycles. The molecule has 0 saturated heterocycles. The molecule has 92 valence electrons. The lowest BCUT2D eigenvalue weighted by molar-refractivity contribution is -0.117. The van der Waals surface area contributed by atoms with E-state index in [1.54, 1.807) is 0 Å². The maximum absolute atomic E-state index is 12.0. The fourth-order valence-corrected chi connectivity index (χ4v) is 3.09. The molecule has 1 aliphatic carbocycles. The number of anilines is 2. The second-order valence-corrected chi connectivity index (χ2v) is 5.27. The van der Waals surface area contributed by atoms with E-state index in [-0.39, 0.29) is 11.4 Å². The minimum absolute atomic E-state index is 0.0461. The zero-order valence-corrected chi connectivity index (χ0v) is 10.3. The smallest absolute Gasteiger partial charge is 0.226 e. The van der Waals surface area contributed by atoms with Crippen molar-refractivity contribution in [2.45, 2.75) is 44.6 Å². The molecule has 17 heavy (non-hydrogen) atoms. The van der Waals surface area contributed by atoms with Crippen LogP contribution in [-0.2, 0) is 11.8 Å². The van der Waals surface area contributed by atoms with Crippen molar-refractivity contribution in [3.05, 3.63) is 5.69 Å². The third-order valence-electron chi connectivity index (χ3n) is 3.93. The first kappa shape index (κ1) is 10.6. The fourth-order valence-electron chi connectivity index (χ4n) is 3.09. The molecule has 0 atom stereocenters. The maximum atomic E-state index is 12.0. The van der Waals surface area contributed by atoms with Crippen LogP contribution in [0.25, 0.3) is 0 Å². The molecule has 5 nitrogen and oxygen atoms in total. The second kappa shape index (κ2) is 3.48. The summed E-state index contributed by atoms with van der Waals surface area (Å²) < 4.78 is 1.83. The molecule has 1 aliphatic heterocycles. The fraction of sp³-hybridized carbons (Fsp3) is 0.667. The summed E-state index contributed by atoms with van der Waals surface area (Å²) in [5, 5.41) is 10.9. The number of carbonyl (C=O) groups is 1. The lowest BCUT2D eigenvalue weighted by atomic mass is 9.93. The van der Waals surface area contributed by atoms with Crippen LogP contribution in [0.3, 0.4) is 0 Å². The van der Waals surface area contributed by atoms with E-state index in [4.69, 9.17) is 0 Å². The summed E-state index contributed by atoms with van der Waals surface area (Å²) in [5.74, 6) is 1.06. The van der Waals surface area contributed by atoms with Crippen LogP contribution in [0.2, 0.25) is 0 Å². The molecule has 5 heteroatoms. The van der Waals surface area contributed by atoms with Gasteiger partial charge in [0.05, 0.1) is 5.69 Å². The van der Waals surface area contributed by atoms with Crippen LogP contribution in [0.4, 0.5) is 11.5 Å². The van der Waals surface area contributed by atoms with Gasteiger partial charge in [-0.3, -0.25) is 9.48 Å². The van der Waals surface area contributed by atoms with Crippen molar-refractivity contribution in [3.8, 4) is 0 Å². The van der Waals surface area contributed by atoms with E-state index in [1.165, 1.54) is 12.8 Å². The topological polar surface area (TPSA) is 59.0 Å². The third kappa shape index (κ3) is 1.61. The molecule has 1 aromatic rings. The molecule has 1 saturated carbocycles. The minimum Gasteiger partial charge on any atom is -0.363 e. The predicted octanol–water partition coefficient (Wildman–Crippen LogP) is 1.80. The lowest BCUT2D eigenvalue weighted by Gasteiger charge is -2.28. The normalized spacial score (nSPS) is 21.9. The summed E-state index contributed by atoms with van der Waals surface area (Å²) in [6.07, 6.45) is 5.12. The predicted molar refractivity (Wildman–Crippen MR) is 66.0 cm³/mol. The Bertz CT molecular complexity index is 471. The van der Waals surface area contributed by atoms with E-state index in [0.29, 0.717) is 6.42 Å². The van der Waals surface area contributed by atoms with Gasteiger partial charge in [0.15, 0.2) is 0 Å². The van der Waals surface area contributed by atoms with Crippen LogP contribution >= 0.6 is 0 Å². The maximum Gasteiger partial charge on any atom is 0.226 e. The highest BCUT2D eigenvalue weighted by Crippen LogP contribution is 2.40. The van der Waals surface area contributed by atoms with Crippen LogP contribution in [0.15, 0.2) is 0 Å². The van der Waals surface area contributed by atoms with Crippen molar-refractivity contribution in [2.24, 2.45) is 7.05 Å². The van der Waals surface area contributed by atoms with E-state index in [9.17, 15) is 4.79 Å². The molecule has 1 aromatic heterocycles. The monoisotopic (exact) mass is 234 g/mol. The average molecular weight is 234 g/mol. The van der Waals surface area contributed by atoms with Crippen molar-refractivity contribution >= 4 is 17.4 Å². The van der Waals surface area contributed by atoms with Crippen molar-refractivity contribution in [1.29, 1.82) is 0 Å². The highest BCUT2D eigenvalue weighted by atomic mass is 16.1. The van der Waals surface area contributed by atoms with Gasteiger partial charge in [0, 0.05) is 19.0 Å². The van der Waals surface area contributed by atoms with Gasteiger partial charge in [0.2, 0.25) is 5.91 Å². The van der Waals surface area contributed by atoms with Gasteiger partial charge in [-0.15, -0.1) is 0 Å². The molecule has 2 N–H and O–H groups in total. The number of aryl methyl sites for hydroxylation is 2. The Hall–Kier alpha value is -1.52. The van der Waals surface area contributed by atoms with Gasteiger partial charge >= 0.3 is 0 Å². The van der Waals surface area contributed by atoms with Gasteiger partial charge in [0.25, 0.3) is 0 Å². The van der Waals surface area contributed by atoms with Crippen molar-refractivity contribution in [3.63, 3.8) is 0 Å². The lowest BCUT2D eigenvalue weighted by Crippen LogP contribution is -2.37. The van der Waals surface area contributed by atoms with Crippen molar-refractivity contribution < 1.29 is 4.79 Å². The number of rotatable bonds is 0. The van der Waals surface area contributed by atoms with E-state index in [0.717, 1.165) is 30.0 Å². The molecule has 2 aliphatic rings. The number of hydrogen-bond acceptors (Lipinski definition) is 3. The SMILES string of the molecule is Cc1nn(C)c2c1NC(=O)CC1(CCCC1)N2. The molecule has 1 spiro atoms. The van der Waals surface area contributed by atoms with Gasteiger partial charge in [-0.2, -0.15) is 5.10 Å². The van der Waals surface area contributed by atoms with Crippen LogP contribution in [0.5, 0.6) is 0 Å². The highest BCUT2D eigenvalue weighted by molar-refractivity contribution is 5.97. The summed E-state index contributed by atoms with van der Waals surface area (Å²) in [6, 6.07) is 0. The molecular weight excluding hydrogens is 216 g/mol. The Morgan fingerprint density at radius 3 is 2.76 bits per heavy atom. The number of aromatic nitrogens is 2. The second-order valence-electron chi connectivity index (χ2n) is 5.27. The van der Waals surface area contributed by atoms with Crippen molar-refractivity contribution in [1.82, 2.24) is 9.78 Å². The number of carbonyl (C=O) groups excluding carboxylic acids is 1. The molecule has 1 fully saturated rings. The number of amides is 1.